The molecule has 104 valence electrons. The van der Waals surface area contributed by atoms with Crippen LogP contribution in [0.5, 0.6) is 5.75 Å². The van der Waals surface area contributed by atoms with Gasteiger partial charge in [0.05, 0.1) is 20.3 Å². The molecule has 2 fully saturated rings. The third-order valence-electron chi connectivity index (χ3n) is 4.44. The minimum absolute atomic E-state index is 0.371. The zero-order chi connectivity index (χ0) is 13.3. The van der Waals surface area contributed by atoms with Crippen LogP contribution in [0.4, 0.5) is 0 Å². The van der Waals surface area contributed by atoms with E-state index in [2.05, 4.69) is 30.4 Å². The zero-order valence-electron chi connectivity index (χ0n) is 11.8. The number of ether oxygens (including phenoxy) is 2. The third-order valence-corrected chi connectivity index (χ3v) is 4.44. The van der Waals surface area contributed by atoms with E-state index in [1.165, 1.54) is 18.4 Å². The van der Waals surface area contributed by atoms with Gasteiger partial charge in [0.1, 0.15) is 5.75 Å². The van der Waals surface area contributed by atoms with Crippen molar-refractivity contribution in [2.45, 2.75) is 31.7 Å². The van der Waals surface area contributed by atoms with Crippen LogP contribution < -0.4 is 10.1 Å². The lowest BCUT2D eigenvalue weighted by Crippen LogP contribution is -2.51. The fourth-order valence-electron chi connectivity index (χ4n) is 2.99. The lowest BCUT2D eigenvalue weighted by Gasteiger charge is -2.43. The Hall–Kier alpha value is -1.06. The molecular weight excluding hydrogens is 238 g/mol. The summed E-state index contributed by atoms with van der Waals surface area (Å²) in [5.41, 5.74) is 1.73. The molecule has 0 radical (unpaired) electrons. The van der Waals surface area contributed by atoms with Gasteiger partial charge in [-0.2, -0.15) is 0 Å². The van der Waals surface area contributed by atoms with Gasteiger partial charge in [0.2, 0.25) is 0 Å². The molecule has 2 aliphatic rings. The highest BCUT2D eigenvalue weighted by molar-refractivity contribution is 5.37. The SMILES string of the molecule is COc1ccccc1C1CC(NCC2(C)COC2)C1. The molecule has 1 saturated carbocycles. The first-order chi connectivity index (χ1) is 9.20. The van der Waals surface area contributed by atoms with Gasteiger partial charge in [-0.05, 0) is 30.4 Å². The molecule has 0 atom stereocenters. The predicted octanol–water partition coefficient (Wildman–Crippen LogP) is 2.57. The van der Waals surface area contributed by atoms with Crippen molar-refractivity contribution >= 4 is 0 Å². The van der Waals surface area contributed by atoms with Crippen molar-refractivity contribution in [1.29, 1.82) is 0 Å². The molecule has 1 saturated heterocycles. The molecule has 3 heteroatoms. The average Bonchev–Trinajstić information content (AvgIpc) is 2.35. The lowest BCUT2D eigenvalue weighted by atomic mass is 9.75. The fourth-order valence-corrected chi connectivity index (χ4v) is 2.99. The predicted molar refractivity (Wildman–Crippen MR) is 75.7 cm³/mol. The van der Waals surface area contributed by atoms with E-state index >= 15 is 0 Å². The van der Waals surface area contributed by atoms with Gasteiger partial charge in [0, 0.05) is 18.0 Å². The van der Waals surface area contributed by atoms with Crippen LogP contribution >= 0.6 is 0 Å². The summed E-state index contributed by atoms with van der Waals surface area (Å²) in [6, 6.07) is 9.05. The molecule has 19 heavy (non-hydrogen) atoms. The summed E-state index contributed by atoms with van der Waals surface area (Å²) in [5, 5.41) is 3.68. The first-order valence-electron chi connectivity index (χ1n) is 7.14. The first-order valence-corrected chi connectivity index (χ1v) is 7.14. The Morgan fingerprint density at radius 1 is 1.32 bits per heavy atom. The highest BCUT2D eigenvalue weighted by atomic mass is 16.5. The normalized spacial score (nSPS) is 28.3. The van der Waals surface area contributed by atoms with Gasteiger partial charge in [-0.15, -0.1) is 0 Å². The highest BCUT2D eigenvalue weighted by Crippen LogP contribution is 2.41. The van der Waals surface area contributed by atoms with Crippen LogP contribution in [0.1, 0.15) is 31.2 Å². The molecule has 1 aromatic rings. The van der Waals surface area contributed by atoms with Crippen LogP contribution in [0.15, 0.2) is 24.3 Å². The highest BCUT2D eigenvalue weighted by Gasteiger charge is 2.37. The van der Waals surface area contributed by atoms with Gasteiger partial charge >= 0.3 is 0 Å². The number of para-hydroxylation sites is 1. The maximum absolute atomic E-state index is 5.44. The van der Waals surface area contributed by atoms with Gasteiger partial charge in [-0.1, -0.05) is 25.1 Å². The monoisotopic (exact) mass is 261 g/mol. The molecule has 1 aliphatic heterocycles. The number of nitrogens with one attached hydrogen (secondary N) is 1. The van der Waals surface area contributed by atoms with E-state index in [4.69, 9.17) is 9.47 Å². The van der Waals surface area contributed by atoms with E-state index in [9.17, 15) is 0 Å². The summed E-state index contributed by atoms with van der Waals surface area (Å²) >= 11 is 0. The molecule has 0 unspecified atom stereocenters. The van der Waals surface area contributed by atoms with E-state index in [-0.39, 0.29) is 0 Å². The molecule has 3 nitrogen and oxygen atoms in total. The van der Waals surface area contributed by atoms with Crippen molar-refractivity contribution in [3.8, 4) is 5.75 Å². The van der Waals surface area contributed by atoms with Crippen molar-refractivity contribution < 1.29 is 9.47 Å². The van der Waals surface area contributed by atoms with Crippen LogP contribution in [0, 0.1) is 5.41 Å². The van der Waals surface area contributed by atoms with Gasteiger partial charge in [0.25, 0.3) is 0 Å². The third kappa shape index (κ3) is 2.63. The Morgan fingerprint density at radius 2 is 2.05 bits per heavy atom. The number of hydrogen-bond donors (Lipinski definition) is 1. The number of benzene rings is 1. The molecule has 0 amide bonds. The van der Waals surface area contributed by atoms with Crippen molar-refractivity contribution in [1.82, 2.24) is 5.32 Å². The Bertz CT molecular complexity index is 436. The van der Waals surface area contributed by atoms with Gasteiger partial charge in [-0.25, -0.2) is 0 Å². The average molecular weight is 261 g/mol. The van der Waals surface area contributed by atoms with Crippen LogP contribution in [0.25, 0.3) is 0 Å². The van der Waals surface area contributed by atoms with E-state index in [1.807, 2.05) is 6.07 Å². The quantitative estimate of drug-likeness (QED) is 0.883. The van der Waals surface area contributed by atoms with Crippen LogP contribution in [0.2, 0.25) is 0 Å². The van der Waals surface area contributed by atoms with Crippen LogP contribution in [0.3, 0.4) is 0 Å². The van der Waals surface area contributed by atoms with Crippen molar-refractivity contribution in [2.75, 3.05) is 26.9 Å². The van der Waals surface area contributed by atoms with E-state index < -0.39 is 0 Å². The summed E-state index contributed by atoms with van der Waals surface area (Å²) in [6.45, 7) is 5.18. The Balaban J connectivity index is 1.49. The summed E-state index contributed by atoms with van der Waals surface area (Å²) in [6.07, 6.45) is 2.44. The maximum atomic E-state index is 5.44. The van der Waals surface area contributed by atoms with E-state index in [0.717, 1.165) is 25.5 Å². The standard InChI is InChI=1S/C16H23NO2/c1-16(10-19-11-16)9-17-13-7-12(8-13)14-5-3-4-6-15(14)18-2/h3-6,12-13,17H,7-11H2,1-2H3. The van der Waals surface area contributed by atoms with E-state index in [0.29, 0.717) is 17.4 Å². The number of methoxy groups -OCH3 is 1. The van der Waals surface area contributed by atoms with Crippen molar-refractivity contribution in [3.63, 3.8) is 0 Å². The molecule has 1 heterocycles. The second kappa shape index (κ2) is 5.14. The first kappa shape index (κ1) is 12.9. The molecule has 0 bridgehead atoms. The summed E-state index contributed by atoms with van der Waals surface area (Å²) in [7, 11) is 1.75. The van der Waals surface area contributed by atoms with Gasteiger partial charge < -0.3 is 14.8 Å². The van der Waals surface area contributed by atoms with Crippen LogP contribution in [-0.2, 0) is 4.74 Å². The smallest absolute Gasteiger partial charge is 0.122 e. The fraction of sp³-hybridized carbons (Fsp3) is 0.625. The molecular formula is C16H23NO2. The maximum Gasteiger partial charge on any atom is 0.122 e. The molecule has 1 N–H and O–H groups in total. The second-order valence-corrected chi connectivity index (χ2v) is 6.29. The van der Waals surface area contributed by atoms with Gasteiger partial charge in [-0.3, -0.25) is 0 Å². The van der Waals surface area contributed by atoms with Crippen molar-refractivity contribution in [2.24, 2.45) is 5.41 Å². The molecule has 1 aromatic carbocycles. The Labute approximate surface area is 115 Å². The minimum Gasteiger partial charge on any atom is -0.496 e. The summed E-state index contributed by atoms with van der Waals surface area (Å²) in [4.78, 5) is 0. The van der Waals surface area contributed by atoms with Gasteiger partial charge in [0.15, 0.2) is 0 Å². The molecule has 0 spiro atoms. The molecule has 1 aliphatic carbocycles. The summed E-state index contributed by atoms with van der Waals surface area (Å²) in [5.74, 6) is 1.68. The van der Waals surface area contributed by atoms with Crippen LogP contribution in [-0.4, -0.2) is 32.9 Å². The van der Waals surface area contributed by atoms with Crippen molar-refractivity contribution in [3.05, 3.63) is 29.8 Å². The molecule has 0 aromatic heterocycles. The topological polar surface area (TPSA) is 30.5 Å². The Morgan fingerprint density at radius 3 is 2.68 bits per heavy atom. The lowest BCUT2D eigenvalue weighted by molar-refractivity contribution is -0.101. The number of rotatable bonds is 5. The second-order valence-electron chi connectivity index (χ2n) is 6.29. The minimum atomic E-state index is 0.371. The Kier molecular flexibility index (Phi) is 3.50. The summed E-state index contributed by atoms with van der Waals surface area (Å²) < 4.78 is 10.7. The zero-order valence-corrected chi connectivity index (χ0v) is 11.8. The largest absolute Gasteiger partial charge is 0.496 e. The van der Waals surface area contributed by atoms with E-state index in [1.54, 1.807) is 7.11 Å². The molecule has 3 rings (SSSR count). The number of hydrogen-bond acceptors (Lipinski definition) is 3.